The average Bonchev–Trinajstić information content (AvgIpc) is 1.52. The van der Waals surface area contributed by atoms with E-state index < -0.39 is 12.7 Å². The molecule has 6 fully saturated rings. The van der Waals surface area contributed by atoms with E-state index in [4.69, 9.17) is 26.9 Å². The Labute approximate surface area is 551 Å². The molecule has 0 amide bonds. The molecule has 0 bridgehead atoms. The normalized spacial score (nSPS) is 33.0. The minimum absolute atomic E-state index is 0.0397. The lowest BCUT2D eigenvalue weighted by Gasteiger charge is -2.56. The number of fused-ring (bicyclic) bond motifs is 3. The molecule has 0 aromatic heterocycles. The van der Waals surface area contributed by atoms with Crippen LogP contribution in [0.3, 0.4) is 0 Å². The Kier molecular flexibility index (Phi) is 19.8. The molecule has 13 rings (SSSR count). The number of dihydropyridines is 1. The maximum atomic E-state index is 14.8. The number of aliphatic hydroxyl groups excluding tert-OH is 2. The highest BCUT2D eigenvalue weighted by Gasteiger charge is 2.71. The molecule has 4 heterocycles. The first-order chi connectivity index (χ1) is 45.2. The molecule has 9 aliphatic rings. The molecule has 494 valence electrons. The molecule has 93 heavy (non-hydrogen) atoms. The molecule has 13 N–H and O–H groups in total. The summed E-state index contributed by atoms with van der Waals surface area (Å²) in [4.78, 5) is 34.4. The lowest BCUT2D eigenvalue weighted by Crippen LogP contribution is -2.57. The van der Waals surface area contributed by atoms with Gasteiger partial charge in [0.1, 0.15) is 5.78 Å². The van der Waals surface area contributed by atoms with Gasteiger partial charge in [0, 0.05) is 31.2 Å². The summed E-state index contributed by atoms with van der Waals surface area (Å²) in [5, 5.41) is 49.7. The summed E-state index contributed by atoms with van der Waals surface area (Å²) in [5.74, 6) is 3.58. The zero-order valence-electron chi connectivity index (χ0n) is 54.9. The zero-order valence-corrected chi connectivity index (χ0v) is 54.9. The van der Waals surface area contributed by atoms with Crippen molar-refractivity contribution >= 4 is 23.1 Å². The molecule has 17 unspecified atom stereocenters. The molecule has 1 spiro atoms. The second-order valence-corrected chi connectivity index (χ2v) is 29.8. The van der Waals surface area contributed by atoms with Crippen molar-refractivity contribution in [3.63, 3.8) is 0 Å². The number of aliphatic imine (C=N–C) groups is 1. The number of aromatic hydroxyl groups is 1. The van der Waals surface area contributed by atoms with Gasteiger partial charge in [-0.15, -0.1) is 0 Å². The van der Waals surface area contributed by atoms with Crippen LogP contribution in [0, 0.1) is 64.1 Å². The van der Waals surface area contributed by atoms with Crippen LogP contribution >= 0.6 is 0 Å². The molecule has 5 aliphatic carbocycles. The summed E-state index contributed by atoms with van der Waals surface area (Å²) in [6, 6.07) is 33.9. The number of phenols is 1. The third-order valence-corrected chi connectivity index (χ3v) is 24.4. The van der Waals surface area contributed by atoms with Gasteiger partial charge in [0.2, 0.25) is 0 Å². The lowest BCUT2D eigenvalue weighted by atomic mass is 9.49. The molecule has 1 saturated heterocycles. The maximum Gasteiger partial charge on any atom is 0.186 e. The highest BCUT2D eigenvalue weighted by Crippen LogP contribution is 2.75. The van der Waals surface area contributed by atoms with Crippen LogP contribution < -0.4 is 43.2 Å². The van der Waals surface area contributed by atoms with Gasteiger partial charge in [0.15, 0.2) is 23.2 Å². The SMILES string of the molecule is COc1cc(C(=CC(=O)CC(=O)CC2CCC3C(CC4C5CCNCC5CC5C=CCNC54)(C2)CC2NC(C(C)O)C=C4CC(N=C(N)N)C(CCc5ccccc5)C5CCC23C45)CO)c(CC2=CNC(N)C=C2CCc2cccc(CCc3ccccc3)c2)cc1O. The van der Waals surface area contributed by atoms with E-state index in [2.05, 4.69) is 124 Å². The lowest BCUT2D eigenvalue weighted by molar-refractivity contribution is -0.126. The third kappa shape index (κ3) is 13.8. The van der Waals surface area contributed by atoms with E-state index in [0.717, 1.165) is 121 Å². The first-order valence-corrected chi connectivity index (χ1v) is 35.3. The second-order valence-electron chi connectivity index (χ2n) is 29.8. The molecular weight excluding hydrogens is 1160 g/mol. The fraction of sp³-hybridized carbons (Fsp3) is 0.532. The van der Waals surface area contributed by atoms with Crippen molar-refractivity contribution < 1.29 is 29.6 Å². The largest absolute Gasteiger partial charge is 0.504 e. The minimum Gasteiger partial charge on any atom is -0.504 e. The van der Waals surface area contributed by atoms with E-state index in [1.807, 2.05) is 19.2 Å². The Morgan fingerprint density at radius 2 is 1.60 bits per heavy atom. The highest BCUT2D eigenvalue weighted by molar-refractivity contribution is 6.08. The number of nitrogens with zero attached hydrogens (tertiary/aromatic N) is 1. The number of guanidine groups is 1. The number of carbonyl (C=O) groups excluding carboxylic acids is 2. The van der Waals surface area contributed by atoms with Crippen LogP contribution in [0.2, 0.25) is 0 Å². The quantitative estimate of drug-likeness (QED) is 0.0109. The number of hydrogen-bond donors (Lipinski definition) is 10. The van der Waals surface area contributed by atoms with E-state index in [0.29, 0.717) is 82.9 Å². The van der Waals surface area contributed by atoms with Crippen LogP contribution in [-0.4, -0.2) is 103 Å². The first-order valence-electron chi connectivity index (χ1n) is 35.3. The first kappa shape index (κ1) is 65.0. The summed E-state index contributed by atoms with van der Waals surface area (Å²) in [6.07, 6.45) is 28.0. The van der Waals surface area contributed by atoms with Gasteiger partial charge in [0.05, 0.1) is 44.5 Å². The van der Waals surface area contributed by atoms with E-state index in [9.17, 15) is 24.9 Å². The van der Waals surface area contributed by atoms with Crippen LogP contribution in [0.4, 0.5) is 0 Å². The monoisotopic (exact) mass is 1260 g/mol. The Balaban J connectivity index is 0.761. The van der Waals surface area contributed by atoms with Gasteiger partial charge in [-0.3, -0.25) is 9.59 Å². The van der Waals surface area contributed by atoms with Crippen molar-refractivity contribution in [1.82, 2.24) is 21.3 Å². The molecule has 4 aromatic rings. The Hall–Kier alpha value is -6.65. The molecule has 14 heteroatoms. The number of methoxy groups -OCH3 is 1. The minimum atomic E-state index is -0.599. The number of ketones is 2. The molecule has 14 nitrogen and oxygen atoms in total. The van der Waals surface area contributed by atoms with E-state index in [1.165, 1.54) is 53.9 Å². The van der Waals surface area contributed by atoms with Crippen LogP contribution in [-0.2, 0) is 41.7 Å². The van der Waals surface area contributed by atoms with Crippen LogP contribution in [0.1, 0.15) is 130 Å². The van der Waals surface area contributed by atoms with E-state index >= 15 is 0 Å². The maximum absolute atomic E-state index is 14.8. The number of Topliss-reactive ketones (excluding diaryl/α,β-unsaturated/α-hetero) is 1. The molecule has 0 radical (unpaired) electrons. The number of ether oxygens (including phenoxy) is 1. The van der Waals surface area contributed by atoms with Gasteiger partial charge in [-0.25, -0.2) is 4.99 Å². The van der Waals surface area contributed by atoms with E-state index in [1.54, 1.807) is 12.1 Å². The van der Waals surface area contributed by atoms with Gasteiger partial charge in [-0.05, 0) is 268 Å². The van der Waals surface area contributed by atoms with Crippen molar-refractivity contribution in [3.05, 3.63) is 184 Å². The van der Waals surface area contributed by atoms with Gasteiger partial charge in [0.25, 0.3) is 0 Å². The van der Waals surface area contributed by atoms with Gasteiger partial charge in [-0.1, -0.05) is 109 Å². The van der Waals surface area contributed by atoms with Crippen molar-refractivity contribution in [3.8, 4) is 11.5 Å². The number of piperidine rings is 1. The van der Waals surface area contributed by atoms with Crippen molar-refractivity contribution in [2.24, 2.45) is 86.3 Å². The number of phenolic OH excluding ortho intramolecular Hbond substituents is 1. The summed E-state index contributed by atoms with van der Waals surface area (Å²) >= 11 is 0. The van der Waals surface area contributed by atoms with Crippen molar-refractivity contribution in [2.75, 3.05) is 33.4 Å². The van der Waals surface area contributed by atoms with Crippen LogP contribution in [0.15, 0.2) is 155 Å². The summed E-state index contributed by atoms with van der Waals surface area (Å²) in [7, 11) is 1.49. The topological polar surface area (TPSA) is 243 Å². The zero-order chi connectivity index (χ0) is 64.4. The number of benzene rings is 4. The van der Waals surface area contributed by atoms with Crippen LogP contribution in [0.25, 0.3) is 5.57 Å². The average molecular weight is 1260 g/mol. The number of carbonyl (C=O) groups is 2. The number of aliphatic hydroxyl groups is 2. The predicted octanol–water partition coefficient (Wildman–Crippen LogP) is 9.89. The molecule has 17 atom stereocenters. The molecule has 4 aromatic carbocycles. The molecular formula is C79H102N8O6. The fourth-order valence-corrected chi connectivity index (χ4v) is 20.8. The van der Waals surface area contributed by atoms with Crippen molar-refractivity contribution in [1.29, 1.82) is 0 Å². The van der Waals surface area contributed by atoms with Crippen LogP contribution in [0.5, 0.6) is 11.5 Å². The third-order valence-electron chi connectivity index (χ3n) is 24.4. The number of nitrogens with one attached hydrogen (secondary N) is 4. The number of allylic oxidation sites excluding steroid dienone is 3. The molecule has 5 saturated carbocycles. The van der Waals surface area contributed by atoms with Gasteiger partial charge < -0.3 is 58.5 Å². The summed E-state index contributed by atoms with van der Waals surface area (Å²) < 4.78 is 5.64. The summed E-state index contributed by atoms with van der Waals surface area (Å²) in [5.41, 5.74) is 29.3. The number of rotatable bonds is 23. The highest BCUT2D eigenvalue weighted by atomic mass is 16.5. The number of hydrogen-bond acceptors (Lipinski definition) is 12. The number of aryl methyl sites for hydroxylation is 4. The summed E-state index contributed by atoms with van der Waals surface area (Å²) in [6.45, 7) is 4.47. The Morgan fingerprint density at radius 1 is 0.849 bits per heavy atom. The Morgan fingerprint density at radius 3 is 2.35 bits per heavy atom. The predicted molar refractivity (Wildman–Crippen MR) is 370 cm³/mol. The fourth-order valence-electron chi connectivity index (χ4n) is 20.8. The molecule has 4 aliphatic heterocycles. The Bertz CT molecular complexity index is 3520. The number of nitrogens with two attached hydrogens (primary N) is 3. The van der Waals surface area contributed by atoms with Gasteiger partial charge in [-0.2, -0.15) is 0 Å². The second kappa shape index (κ2) is 28.4. The van der Waals surface area contributed by atoms with E-state index in [-0.39, 0.29) is 76.5 Å². The standard InChI is InChI=1S/C79H102N8O6/c1-48(89)68-36-57-37-69(87-77(81)82)64(24-21-50-13-7-4-8-14-50)65-26-28-79(75(57)65)72-25-22-53(42-78(72,44-73(79)86-68)43-67-63-27-30-83-45-59(63)33-55-17-10-29-84-76(55)67)32-61(90)40-62(91)35-60(47-88)66-41-71(93-2)70(92)38-56(66)34-58-46-85-74(80)39-54(58)23-20-52-16-9-15-51(31-52)19-18-49-11-5-3-6-12-49/h3-17,31,35-36,38-39,41,46,48,53,55,59,63-65,67-69,72-76,83-86,88-89,92H,18-30,32-34,37,40,42-45,47,80H2,1-2H3,(H4,81,82,87). The van der Waals surface area contributed by atoms with Gasteiger partial charge >= 0.3 is 0 Å². The smallest absolute Gasteiger partial charge is 0.186 e. The van der Waals surface area contributed by atoms with Crippen molar-refractivity contribution in [2.45, 2.75) is 165 Å².